The second-order valence-electron chi connectivity index (χ2n) is 6.48. The molecule has 1 aromatic carbocycles. The van der Waals surface area contributed by atoms with Crippen molar-refractivity contribution in [1.29, 1.82) is 0 Å². The largest absolute Gasteiger partial charge is 0.496 e. The molecular formula is C18H26Cl3N5O3. The molecule has 2 N–H and O–H groups in total. The molecule has 2 heterocycles. The molecule has 0 saturated carbocycles. The first kappa shape index (κ1) is 25.3. The molecule has 1 fully saturated rings. The van der Waals surface area contributed by atoms with Crippen molar-refractivity contribution < 1.29 is 14.1 Å². The molecule has 0 aliphatic carbocycles. The van der Waals surface area contributed by atoms with E-state index in [0.29, 0.717) is 59.9 Å². The zero-order valence-corrected chi connectivity index (χ0v) is 18.9. The summed E-state index contributed by atoms with van der Waals surface area (Å²) in [6, 6.07) is 3.16. The fourth-order valence-corrected chi connectivity index (χ4v) is 3.29. The van der Waals surface area contributed by atoms with Gasteiger partial charge >= 0.3 is 0 Å². The summed E-state index contributed by atoms with van der Waals surface area (Å²) < 4.78 is 10.6. The number of piperazine rings is 1. The minimum Gasteiger partial charge on any atom is -0.496 e. The minimum absolute atomic E-state index is 0. The van der Waals surface area contributed by atoms with Crippen LogP contribution in [0, 0.1) is 0 Å². The summed E-state index contributed by atoms with van der Waals surface area (Å²) in [6.45, 7) is 6.62. The fraction of sp³-hybridized carbons (Fsp3) is 0.500. The van der Waals surface area contributed by atoms with Gasteiger partial charge in [0.2, 0.25) is 5.89 Å². The number of ether oxygens (including phenoxy) is 1. The average Bonchev–Trinajstić information content (AvgIpc) is 3.18. The monoisotopic (exact) mass is 465 g/mol. The first-order valence-corrected chi connectivity index (χ1v) is 9.31. The Kier molecular flexibility index (Phi) is 9.48. The lowest BCUT2D eigenvalue weighted by Gasteiger charge is -2.37. The van der Waals surface area contributed by atoms with E-state index in [1.54, 1.807) is 17.0 Å². The Morgan fingerprint density at radius 1 is 1.31 bits per heavy atom. The topological polar surface area (TPSA) is 97.7 Å². The minimum atomic E-state index is -0.118. The van der Waals surface area contributed by atoms with Crippen molar-refractivity contribution in [2.75, 3.05) is 39.0 Å². The summed E-state index contributed by atoms with van der Waals surface area (Å²) in [5.74, 6) is 1.62. The SMILES string of the molecule is CCc1noc(C(C)N2CCN(C(=O)c3cc(Cl)c(N)cc3OC)CC2)n1.Cl.Cl. The number of amides is 1. The maximum Gasteiger partial charge on any atom is 0.257 e. The van der Waals surface area contributed by atoms with Gasteiger partial charge in [0.05, 0.1) is 29.4 Å². The van der Waals surface area contributed by atoms with Gasteiger partial charge in [-0.3, -0.25) is 9.69 Å². The van der Waals surface area contributed by atoms with Crippen LogP contribution in [0.2, 0.25) is 5.02 Å². The Balaban J connectivity index is 0.00000210. The highest BCUT2D eigenvalue weighted by atomic mass is 35.5. The molecule has 29 heavy (non-hydrogen) atoms. The van der Waals surface area contributed by atoms with Crippen molar-refractivity contribution >= 4 is 48.0 Å². The van der Waals surface area contributed by atoms with Gasteiger partial charge in [-0.2, -0.15) is 4.98 Å². The number of methoxy groups -OCH3 is 1. The molecule has 1 unspecified atom stereocenters. The lowest BCUT2D eigenvalue weighted by molar-refractivity contribution is 0.0549. The van der Waals surface area contributed by atoms with Gasteiger partial charge in [-0.15, -0.1) is 24.8 Å². The Morgan fingerprint density at radius 3 is 2.52 bits per heavy atom. The Morgan fingerprint density at radius 2 is 1.97 bits per heavy atom. The van der Waals surface area contributed by atoms with Gasteiger partial charge in [0.25, 0.3) is 5.91 Å². The van der Waals surface area contributed by atoms with Crippen LogP contribution in [0.15, 0.2) is 16.7 Å². The first-order chi connectivity index (χ1) is 12.9. The van der Waals surface area contributed by atoms with Crippen molar-refractivity contribution in [3.8, 4) is 5.75 Å². The number of nitrogen functional groups attached to an aromatic ring is 1. The Labute approximate surface area is 187 Å². The lowest BCUT2D eigenvalue weighted by Crippen LogP contribution is -2.49. The molecule has 162 valence electrons. The average molecular weight is 467 g/mol. The first-order valence-electron chi connectivity index (χ1n) is 8.93. The predicted octanol–water partition coefficient (Wildman–Crippen LogP) is 3.24. The van der Waals surface area contributed by atoms with Crippen LogP contribution < -0.4 is 10.5 Å². The Bertz CT molecular complexity index is 825. The van der Waals surface area contributed by atoms with Crippen LogP contribution in [0.1, 0.15) is 42.0 Å². The summed E-state index contributed by atoms with van der Waals surface area (Å²) in [4.78, 5) is 21.3. The number of nitrogens with zero attached hydrogens (tertiary/aromatic N) is 4. The van der Waals surface area contributed by atoms with Gasteiger partial charge in [0, 0.05) is 38.7 Å². The number of carbonyl (C=O) groups is 1. The second kappa shape index (κ2) is 10.9. The van der Waals surface area contributed by atoms with Gasteiger partial charge in [0.15, 0.2) is 5.82 Å². The van der Waals surface area contributed by atoms with Crippen LogP contribution in [0.3, 0.4) is 0 Å². The van der Waals surface area contributed by atoms with Gasteiger partial charge in [-0.25, -0.2) is 0 Å². The van der Waals surface area contributed by atoms with Crippen molar-refractivity contribution in [3.05, 3.63) is 34.4 Å². The molecule has 0 bridgehead atoms. The quantitative estimate of drug-likeness (QED) is 0.675. The second-order valence-corrected chi connectivity index (χ2v) is 6.89. The molecule has 11 heteroatoms. The van der Waals surface area contributed by atoms with Crippen LogP contribution in [0.5, 0.6) is 5.75 Å². The van der Waals surface area contributed by atoms with Crippen LogP contribution in [-0.4, -0.2) is 59.1 Å². The normalized spacial score (nSPS) is 15.2. The van der Waals surface area contributed by atoms with Crippen LogP contribution >= 0.6 is 36.4 Å². The van der Waals surface area contributed by atoms with E-state index in [4.69, 9.17) is 26.6 Å². The molecule has 1 aliphatic heterocycles. The van der Waals surface area contributed by atoms with Crippen molar-refractivity contribution in [3.63, 3.8) is 0 Å². The molecule has 1 aliphatic rings. The van der Waals surface area contributed by atoms with Gasteiger partial charge in [0.1, 0.15) is 5.75 Å². The number of hydrogen-bond acceptors (Lipinski definition) is 7. The number of nitrogens with two attached hydrogens (primary N) is 1. The summed E-state index contributed by atoms with van der Waals surface area (Å²) in [5.41, 5.74) is 6.60. The van der Waals surface area contributed by atoms with Crippen LogP contribution in [-0.2, 0) is 6.42 Å². The number of halogens is 3. The molecule has 3 rings (SSSR count). The highest BCUT2D eigenvalue weighted by Crippen LogP contribution is 2.30. The fourth-order valence-electron chi connectivity index (χ4n) is 3.12. The van der Waals surface area contributed by atoms with E-state index in [1.807, 2.05) is 13.8 Å². The molecule has 1 aromatic heterocycles. The van der Waals surface area contributed by atoms with E-state index >= 15 is 0 Å². The molecular weight excluding hydrogens is 441 g/mol. The van der Waals surface area contributed by atoms with Gasteiger partial charge in [-0.1, -0.05) is 23.7 Å². The highest BCUT2D eigenvalue weighted by molar-refractivity contribution is 6.33. The van der Waals surface area contributed by atoms with Crippen LogP contribution in [0.25, 0.3) is 0 Å². The van der Waals surface area contributed by atoms with Gasteiger partial charge < -0.3 is 19.9 Å². The summed E-state index contributed by atoms with van der Waals surface area (Å²) >= 11 is 6.09. The highest BCUT2D eigenvalue weighted by Gasteiger charge is 2.29. The number of rotatable bonds is 5. The summed E-state index contributed by atoms with van der Waals surface area (Å²) in [5, 5.41) is 4.30. The molecule has 2 aromatic rings. The van der Waals surface area contributed by atoms with Crippen molar-refractivity contribution in [1.82, 2.24) is 19.9 Å². The number of aromatic nitrogens is 2. The molecule has 8 nitrogen and oxygen atoms in total. The Hall–Kier alpha value is -1.74. The molecule has 0 radical (unpaired) electrons. The number of benzene rings is 1. The third-order valence-corrected chi connectivity index (χ3v) is 5.18. The van der Waals surface area contributed by atoms with Crippen molar-refractivity contribution in [2.24, 2.45) is 0 Å². The van der Waals surface area contributed by atoms with E-state index in [2.05, 4.69) is 15.0 Å². The molecule has 1 saturated heterocycles. The maximum absolute atomic E-state index is 12.9. The zero-order valence-electron chi connectivity index (χ0n) is 16.6. The summed E-state index contributed by atoms with van der Waals surface area (Å²) in [6.07, 6.45) is 0.741. The van der Waals surface area contributed by atoms with E-state index < -0.39 is 0 Å². The third-order valence-electron chi connectivity index (χ3n) is 4.86. The lowest BCUT2D eigenvalue weighted by atomic mass is 10.1. The standard InChI is InChI=1S/C18H24ClN5O3.2ClH/c1-4-16-21-17(27-22-16)11(2)23-5-7-24(8-6-23)18(25)12-9-13(19)14(20)10-15(12)26-3;;/h9-11H,4-8,20H2,1-3H3;2*1H. The smallest absolute Gasteiger partial charge is 0.257 e. The van der Waals surface area contributed by atoms with E-state index in [1.165, 1.54) is 7.11 Å². The molecule has 1 atom stereocenters. The van der Waals surface area contributed by atoms with Gasteiger partial charge in [-0.05, 0) is 13.0 Å². The molecule has 1 amide bonds. The van der Waals surface area contributed by atoms with Crippen LogP contribution in [0.4, 0.5) is 5.69 Å². The summed E-state index contributed by atoms with van der Waals surface area (Å²) in [7, 11) is 1.51. The van der Waals surface area contributed by atoms with E-state index in [9.17, 15) is 4.79 Å². The zero-order chi connectivity index (χ0) is 19.6. The predicted molar refractivity (Wildman–Crippen MR) is 116 cm³/mol. The number of anilines is 1. The third kappa shape index (κ3) is 5.45. The van der Waals surface area contributed by atoms with E-state index in [0.717, 1.165) is 6.42 Å². The van der Waals surface area contributed by atoms with E-state index in [-0.39, 0.29) is 36.8 Å². The van der Waals surface area contributed by atoms with Crippen molar-refractivity contribution in [2.45, 2.75) is 26.3 Å². The number of hydrogen-bond donors (Lipinski definition) is 1. The molecule has 0 spiro atoms. The number of carbonyl (C=O) groups excluding carboxylic acids is 1. The maximum atomic E-state index is 12.9. The number of aryl methyl sites for hydroxylation is 1.